The van der Waals surface area contributed by atoms with E-state index >= 15 is 0 Å². The molecule has 0 saturated heterocycles. The Kier molecular flexibility index (Phi) is 3.94. The third kappa shape index (κ3) is 3.83. The molecule has 0 bridgehead atoms. The van der Waals surface area contributed by atoms with E-state index in [1.807, 2.05) is 20.8 Å². The van der Waals surface area contributed by atoms with Crippen LogP contribution >= 0.6 is 0 Å². The van der Waals surface area contributed by atoms with Crippen molar-refractivity contribution in [1.82, 2.24) is 5.32 Å². The van der Waals surface area contributed by atoms with Crippen molar-refractivity contribution in [3.05, 3.63) is 0 Å². The molecule has 1 amide bonds. The molecule has 1 fully saturated rings. The van der Waals surface area contributed by atoms with Gasteiger partial charge >= 0.3 is 6.09 Å². The summed E-state index contributed by atoms with van der Waals surface area (Å²) in [5.74, 6) is 0.0419. The number of amides is 1. The molecule has 0 aromatic rings. The maximum absolute atomic E-state index is 11.7. The summed E-state index contributed by atoms with van der Waals surface area (Å²) in [7, 11) is 0. The summed E-state index contributed by atoms with van der Waals surface area (Å²) in [6.07, 6.45) is 1.90. The van der Waals surface area contributed by atoms with Gasteiger partial charge in [-0.25, -0.2) is 4.79 Å². The number of nitrogens with one attached hydrogen (secondary N) is 1. The van der Waals surface area contributed by atoms with Crippen LogP contribution in [-0.2, 0) is 9.53 Å². The molecule has 1 aliphatic rings. The fourth-order valence-electron chi connectivity index (χ4n) is 1.47. The minimum atomic E-state index is -0.469. The van der Waals surface area contributed by atoms with Gasteiger partial charge < -0.3 is 10.1 Å². The van der Waals surface area contributed by atoms with Crippen molar-refractivity contribution in [2.24, 2.45) is 5.41 Å². The molecule has 1 saturated carbocycles. The van der Waals surface area contributed by atoms with E-state index in [9.17, 15) is 9.59 Å². The van der Waals surface area contributed by atoms with Crippen molar-refractivity contribution in [3.8, 4) is 0 Å². The van der Waals surface area contributed by atoms with Crippen molar-refractivity contribution in [3.63, 3.8) is 0 Å². The number of carbonyl (C=O) groups is 2. The topological polar surface area (TPSA) is 55.4 Å². The van der Waals surface area contributed by atoms with E-state index in [2.05, 4.69) is 5.32 Å². The number of carbonyl (C=O) groups excluding carboxylic acids is 2. The molecule has 16 heavy (non-hydrogen) atoms. The second kappa shape index (κ2) is 4.85. The molecule has 4 nitrogen and oxygen atoms in total. The quantitative estimate of drug-likeness (QED) is 0.801. The van der Waals surface area contributed by atoms with Gasteiger partial charge in [-0.1, -0.05) is 27.7 Å². The highest BCUT2D eigenvalue weighted by molar-refractivity contribution is 5.87. The molecular formula is C12H21NO3. The van der Waals surface area contributed by atoms with Gasteiger partial charge in [-0.15, -0.1) is 0 Å². The fraction of sp³-hybridized carbons (Fsp3) is 0.833. The van der Waals surface area contributed by atoms with Crippen LogP contribution in [0.4, 0.5) is 4.79 Å². The van der Waals surface area contributed by atoms with Crippen molar-refractivity contribution in [2.75, 3.05) is 0 Å². The molecule has 0 heterocycles. The van der Waals surface area contributed by atoms with Gasteiger partial charge in [0, 0.05) is 6.42 Å². The van der Waals surface area contributed by atoms with Crippen LogP contribution in [0.15, 0.2) is 0 Å². The molecule has 0 radical (unpaired) electrons. The van der Waals surface area contributed by atoms with Gasteiger partial charge in [0.05, 0.1) is 6.04 Å². The molecule has 1 aliphatic carbocycles. The lowest BCUT2D eigenvalue weighted by atomic mass is 9.83. The molecule has 0 spiro atoms. The van der Waals surface area contributed by atoms with Crippen LogP contribution in [0.2, 0.25) is 0 Å². The zero-order valence-corrected chi connectivity index (χ0v) is 10.5. The van der Waals surface area contributed by atoms with Crippen LogP contribution in [0.25, 0.3) is 0 Å². The van der Waals surface area contributed by atoms with Crippen LogP contribution in [0.3, 0.4) is 0 Å². The van der Waals surface area contributed by atoms with Crippen LogP contribution < -0.4 is 5.32 Å². The first-order chi connectivity index (χ1) is 7.34. The summed E-state index contributed by atoms with van der Waals surface area (Å²) in [6, 6.07) is -0.469. The number of Topliss-reactive ketones (excluding diaryl/α,β-unsaturated/α-hetero) is 1. The lowest BCUT2D eigenvalue weighted by Gasteiger charge is -2.29. The standard InChI is InChI=1S/C12H21NO3/c1-5-9(14)10(12(2,3)4)13-11(15)16-8-6-7-8/h8,10H,5-7H2,1-4H3,(H,13,15)/t10-/m1/s1. The van der Waals surface area contributed by atoms with Crippen molar-refractivity contribution >= 4 is 11.9 Å². The van der Waals surface area contributed by atoms with Gasteiger partial charge in [0.1, 0.15) is 6.10 Å². The minimum absolute atomic E-state index is 0.0419. The summed E-state index contributed by atoms with van der Waals surface area (Å²) in [5, 5.41) is 2.67. The highest BCUT2D eigenvalue weighted by atomic mass is 16.6. The summed E-state index contributed by atoms with van der Waals surface area (Å²) < 4.78 is 5.08. The van der Waals surface area contributed by atoms with Crippen molar-refractivity contribution in [1.29, 1.82) is 0 Å². The van der Waals surface area contributed by atoms with E-state index in [1.165, 1.54) is 0 Å². The number of ketones is 1. The van der Waals surface area contributed by atoms with Crippen LogP contribution in [0.1, 0.15) is 47.0 Å². The largest absolute Gasteiger partial charge is 0.446 e. The van der Waals surface area contributed by atoms with Gasteiger partial charge in [0.2, 0.25) is 0 Å². The van der Waals surface area contributed by atoms with E-state index < -0.39 is 12.1 Å². The van der Waals surface area contributed by atoms with Crippen molar-refractivity contribution in [2.45, 2.75) is 59.1 Å². The van der Waals surface area contributed by atoms with Gasteiger partial charge in [-0.3, -0.25) is 4.79 Å². The second-order valence-corrected chi connectivity index (χ2v) is 5.37. The zero-order chi connectivity index (χ0) is 12.3. The average Bonchev–Trinajstić information content (AvgIpc) is 2.95. The summed E-state index contributed by atoms with van der Waals surface area (Å²) >= 11 is 0. The average molecular weight is 227 g/mol. The Hall–Kier alpha value is -1.06. The third-order valence-corrected chi connectivity index (χ3v) is 2.60. The summed E-state index contributed by atoms with van der Waals surface area (Å²) in [6.45, 7) is 7.60. The first-order valence-corrected chi connectivity index (χ1v) is 5.84. The minimum Gasteiger partial charge on any atom is -0.446 e. The molecule has 0 aliphatic heterocycles. The molecule has 0 unspecified atom stereocenters. The predicted octanol–water partition coefficient (Wildman–Crippen LogP) is 2.27. The first-order valence-electron chi connectivity index (χ1n) is 5.84. The van der Waals surface area contributed by atoms with Gasteiger partial charge in [-0.05, 0) is 18.3 Å². The van der Waals surface area contributed by atoms with Gasteiger partial charge in [0.15, 0.2) is 5.78 Å². The Morgan fingerprint density at radius 3 is 2.31 bits per heavy atom. The maximum atomic E-state index is 11.7. The smallest absolute Gasteiger partial charge is 0.408 e. The monoisotopic (exact) mass is 227 g/mol. The maximum Gasteiger partial charge on any atom is 0.408 e. The predicted molar refractivity (Wildman–Crippen MR) is 61.2 cm³/mol. The molecule has 92 valence electrons. The van der Waals surface area contributed by atoms with Gasteiger partial charge in [-0.2, -0.15) is 0 Å². The normalized spacial score (nSPS) is 17.8. The lowest BCUT2D eigenvalue weighted by Crippen LogP contribution is -2.49. The molecule has 1 rings (SSSR count). The fourth-order valence-corrected chi connectivity index (χ4v) is 1.47. The van der Waals surface area contributed by atoms with E-state index in [1.54, 1.807) is 6.92 Å². The van der Waals surface area contributed by atoms with Crippen molar-refractivity contribution < 1.29 is 14.3 Å². The molecule has 0 aromatic carbocycles. The third-order valence-electron chi connectivity index (χ3n) is 2.60. The van der Waals surface area contributed by atoms with E-state index in [0.29, 0.717) is 6.42 Å². The zero-order valence-electron chi connectivity index (χ0n) is 10.5. The Morgan fingerprint density at radius 2 is 1.94 bits per heavy atom. The Balaban J connectivity index is 2.55. The number of hydrogen-bond acceptors (Lipinski definition) is 3. The number of hydrogen-bond donors (Lipinski definition) is 1. The Morgan fingerprint density at radius 1 is 1.38 bits per heavy atom. The molecule has 1 atom stereocenters. The van der Waals surface area contributed by atoms with E-state index in [-0.39, 0.29) is 17.3 Å². The number of alkyl carbamates (subject to hydrolysis) is 1. The summed E-state index contributed by atoms with van der Waals surface area (Å²) in [4.78, 5) is 23.2. The lowest BCUT2D eigenvalue weighted by molar-refractivity contribution is -0.123. The Labute approximate surface area is 96.7 Å². The van der Waals surface area contributed by atoms with E-state index in [0.717, 1.165) is 12.8 Å². The number of rotatable bonds is 4. The first kappa shape index (κ1) is 13.0. The molecular weight excluding hydrogens is 206 g/mol. The number of ether oxygens (including phenoxy) is 1. The van der Waals surface area contributed by atoms with Crippen LogP contribution in [-0.4, -0.2) is 24.0 Å². The van der Waals surface area contributed by atoms with Crippen LogP contribution in [0, 0.1) is 5.41 Å². The highest BCUT2D eigenvalue weighted by Crippen LogP contribution is 2.25. The molecule has 4 heteroatoms. The highest BCUT2D eigenvalue weighted by Gasteiger charge is 2.33. The molecule has 0 aromatic heterocycles. The van der Waals surface area contributed by atoms with E-state index in [4.69, 9.17) is 4.74 Å². The molecule has 1 N–H and O–H groups in total. The van der Waals surface area contributed by atoms with Crippen LogP contribution in [0.5, 0.6) is 0 Å². The Bertz CT molecular complexity index is 276. The second-order valence-electron chi connectivity index (χ2n) is 5.37. The van der Waals surface area contributed by atoms with Gasteiger partial charge in [0.25, 0.3) is 0 Å². The SMILES string of the molecule is CCC(=O)[C@@H](NC(=O)OC1CC1)C(C)(C)C. The summed E-state index contributed by atoms with van der Waals surface area (Å²) in [5.41, 5.74) is -0.282.